The SMILES string of the molecule is [2H]C1([2H])C([2H])(Nc2nc(NC(C)(C)C)ncc2C(N)=O)C([2H])([2H])[C@@](C)(O)[C@@]([2H])(C([2H])([2H])[2H])C1([2H])[2H]. The van der Waals surface area contributed by atoms with Crippen molar-refractivity contribution < 1.29 is 25.0 Å². The quantitative estimate of drug-likeness (QED) is 0.664. The molecule has 1 aliphatic rings. The number of nitrogens with two attached hydrogens (primary N) is 1. The lowest BCUT2D eigenvalue weighted by atomic mass is 9.75. The maximum atomic E-state index is 12.0. The number of rotatable bonds is 4. The molecule has 0 saturated heterocycles. The minimum atomic E-state index is -3.85. The van der Waals surface area contributed by atoms with Crippen LogP contribution in [0, 0.1) is 5.89 Å². The van der Waals surface area contributed by atoms with Crippen LogP contribution in [-0.2, 0) is 0 Å². The summed E-state index contributed by atoms with van der Waals surface area (Å²) in [5.74, 6) is -5.72. The Bertz CT molecular complexity index is 993. The highest BCUT2D eigenvalue weighted by Gasteiger charge is 2.36. The summed E-state index contributed by atoms with van der Waals surface area (Å²) in [6.45, 7) is 2.02. The van der Waals surface area contributed by atoms with Crippen molar-refractivity contribution in [3.05, 3.63) is 11.8 Å². The van der Waals surface area contributed by atoms with Gasteiger partial charge in [0.1, 0.15) is 5.82 Å². The van der Waals surface area contributed by atoms with Gasteiger partial charge in [-0.25, -0.2) is 4.98 Å². The first kappa shape index (κ1) is 8.47. The summed E-state index contributed by atoms with van der Waals surface area (Å²) in [4.78, 5) is 19.9. The zero-order chi connectivity index (χ0) is 27.8. The van der Waals surface area contributed by atoms with Crippen LogP contribution in [0.3, 0.4) is 0 Å². The van der Waals surface area contributed by atoms with Gasteiger partial charge in [0.2, 0.25) is 5.95 Å². The van der Waals surface area contributed by atoms with Crippen LogP contribution in [0.15, 0.2) is 6.20 Å². The van der Waals surface area contributed by atoms with Crippen molar-refractivity contribution in [1.82, 2.24) is 9.97 Å². The van der Waals surface area contributed by atoms with Crippen molar-refractivity contribution in [3.8, 4) is 0 Å². The average molecular weight is 347 g/mol. The van der Waals surface area contributed by atoms with Crippen molar-refractivity contribution in [2.75, 3.05) is 10.6 Å². The van der Waals surface area contributed by atoms with Crippen molar-refractivity contribution in [2.24, 2.45) is 11.6 Å². The highest BCUT2D eigenvalue weighted by Crippen LogP contribution is 2.34. The van der Waals surface area contributed by atoms with E-state index in [2.05, 4.69) is 20.6 Å². The fourth-order valence-electron chi connectivity index (χ4n) is 1.82. The molecule has 1 aromatic rings. The summed E-state index contributed by atoms with van der Waals surface area (Å²) in [6, 6.07) is -3.54. The van der Waals surface area contributed by atoms with E-state index in [9.17, 15) is 9.90 Å². The average Bonchev–Trinajstić information content (AvgIpc) is 2.63. The Morgan fingerprint density at radius 3 is 2.88 bits per heavy atom. The molecule has 1 unspecified atom stereocenters. The minimum Gasteiger partial charge on any atom is -0.390 e. The Hall–Kier alpha value is -1.89. The molecule has 1 aliphatic carbocycles. The summed E-state index contributed by atoms with van der Waals surface area (Å²) < 4.78 is 90.7. The Balaban J connectivity index is 2.87. The van der Waals surface area contributed by atoms with Gasteiger partial charge in [0.15, 0.2) is 0 Å². The molecule has 5 N–H and O–H groups in total. The lowest BCUT2D eigenvalue weighted by Gasteiger charge is -2.39. The number of carbonyl (C=O) groups is 1. The second kappa shape index (κ2) is 6.55. The molecule has 0 bridgehead atoms. The largest absolute Gasteiger partial charge is 0.390 e. The molecule has 24 heavy (non-hydrogen) atoms. The van der Waals surface area contributed by atoms with Gasteiger partial charge in [-0.3, -0.25) is 4.79 Å². The van der Waals surface area contributed by atoms with Crippen LogP contribution < -0.4 is 16.4 Å². The predicted octanol–water partition coefficient (Wildman–Crippen LogP) is 2.14. The molecule has 1 saturated carbocycles. The van der Waals surface area contributed by atoms with Gasteiger partial charge in [-0.2, -0.15) is 4.98 Å². The number of amides is 1. The van der Waals surface area contributed by atoms with Gasteiger partial charge in [0.25, 0.3) is 5.91 Å². The van der Waals surface area contributed by atoms with E-state index in [1.165, 1.54) is 0 Å². The molecule has 0 spiro atoms. The van der Waals surface area contributed by atoms with Gasteiger partial charge >= 0.3 is 0 Å². The third-order valence-electron chi connectivity index (χ3n) is 2.95. The molecule has 1 heterocycles. The number of primary amides is 1. The first-order valence-electron chi connectivity index (χ1n) is 12.7. The smallest absolute Gasteiger partial charge is 0.254 e. The molecular weight excluding hydrogens is 306 g/mol. The molecule has 7 heteroatoms. The summed E-state index contributed by atoms with van der Waals surface area (Å²) in [6.07, 6.45) is -10.4. The van der Waals surface area contributed by atoms with Crippen LogP contribution in [0.1, 0.15) is 79.1 Å². The van der Waals surface area contributed by atoms with Crippen LogP contribution in [0.5, 0.6) is 0 Å². The third-order valence-corrected chi connectivity index (χ3v) is 2.95. The van der Waals surface area contributed by atoms with Gasteiger partial charge in [0.05, 0.1) is 12.5 Å². The molecular formula is C17H29N5O2. The maximum absolute atomic E-state index is 12.0. The van der Waals surface area contributed by atoms with Crippen molar-refractivity contribution >= 4 is 17.7 Å². The minimum absolute atomic E-state index is 0.141. The number of hydrogen-bond donors (Lipinski definition) is 4. The second-order valence-corrected chi connectivity index (χ2v) is 6.52. The molecule has 1 amide bonds. The normalized spacial score (nSPS) is 47.3. The molecule has 1 aromatic heterocycles. The molecule has 2 rings (SSSR count). The van der Waals surface area contributed by atoms with Gasteiger partial charge in [0, 0.05) is 31.5 Å². The summed E-state index contributed by atoms with van der Waals surface area (Å²) >= 11 is 0. The highest BCUT2D eigenvalue weighted by molar-refractivity contribution is 5.97. The van der Waals surface area contributed by atoms with Gasteiger partial charge < -0.3 is 21.5 Å². The van der Waals surface area contributed by atoms with Crippen LogP contribution in [0.4, 0.5) is 11.8 Å². The number of nitrogens with one attached hydrogen (secondary N) is 2. The van der Waals surface area contributed by atoms with E-state index < -0.39 is 66.3 Å². The number of aliphatic hydroxyl groups is 1. The lowest BCUT2D eigenvalue weighted by molar-refractivity contribution is -0.0277. The fourth-order valence-corrected chi connectivity index (χ4v) is 1.82. The van der Waals surface area contributed by atoms with Crippen LogP contribution in [0.25, 0.3) is 0 Å². The van der Waals surface area contributed by atoms with Gasteiger partial charge in [-0.05, 0) is 52.7 Å². The van der Waals surface area contributed by atoms with E-state index in [1.807, 2.05) is 0 Å². The van der Waals surface area contributed by atoms with Crippen molar-refractivity contribution in [3.63, 3.8) is 0 Å². The summed E-state index contributed by atoms with van der Waals surface area (Å²) in [5.41, 5.74) is 0.736. The Morgan fingerprint density at radius 2 is 2.29 bits per heavy atom. The van der Waals surface area contributed by atoms with Crippen molar-refractivity contribution in [1.29, 1.82) is 0 Å². The molecule has 0 aromatic carbocycles. The maximum Gasteiger partial charge on any atom is 0.254 e. The summed E-state index contributed by atoms with van der Waals surface area (Å²) in [7, 11) is 0. The summed E-state index contributed by atoms with van der Waals surface area (Å²) in [5, 5.41) is 16.0. The molecule has 3 atom stereocenters. The predicted molar refractivity (Wildman–Crippen MR) is 95.0 cm³/mol. The van der Waals surface area contributed by atoms with Crippen LogP contribution in [-0.4, -0.2) is 38.1 Å². The Labute approximate surface area is 158 Å². The number of carbonyl (C=O) groups excluding carboxylic acids is 1. The van der Waals surface area contributed by atoms with E-state index in [0.29, 0.717) is 6.92 Å². The molecule has 134 valence electrons. The van der Waals surface area contributed by atoms with Crippen molar-refractivity contribution in [2.45, 2.75) is 70.8 Å². The van der Waals surface area contributed by atoms with E-state index >= 15 is 0 Å². The highest BCUT2D eigenvalue weighted by atomic mass is 16.3. The van der Waals surface area contributed by atoms with E-state index in [4.69, 9.17) is 20.8 Å². The zero-order valence-electron chi connectivity index (χ0n) is 24.9. The standard InChI is InChI=1S/C17H29N5O2/c1-10-6-7-11(8-17(10,5)24)20-14-12(13(18)23)9-19-15(21-14)22-16(2,3)4/h9-11,24H,6-8H2,1-5H3,(H2,18,23)(H2,19,20,21,22)/t10-,11?,17+/m0/s1/i1D3,6D2,7D2,8D2,10D,11D. The third kappa shape index (κ3) is 4.56. The monoisotopic (exact) mass is 346 g/mol. The molecule has 0 aliphatic heterocycles. The van der Waals surface area contributed by atoms with Gasteiger partial charge in [-0.1, -0.05) is 6.85 Å². The number of nitrogens with zero attached hydrogens (tertiary/aromatic N) is 2. The molecule has 7 nitrogen and oxygen atoms in total. The Kier molecular flexibility index (Phi) is 2.31. The number of aromatic nitrogens is 2. The number of hydrogen-bond acceptors (Lipinski definition) is 6. The Morgan fingerprint density at radius 1 is 1.58 bits per heavy atom. The van der Waals surface area contributed by atoms with E-state index in [1.54, 1.807) is 20.8 Å². The van der Waals surface area contributed by atoms with Gasteiger partial charge in [-0.15, -0.1) is 0 Å². The molecule has 0 radical (unpaired) electrons. The molecule has 1 fully saturated rings. The second-order valence-electron chi connectivity index (χ2n) is 6.52. The first-order chi connectivity index (χ1) is 15.2. The lowest BCUT2D eigenvalue weighted by Crippen LogP contribution is -2.44. The van der Waals surface area contributed by atoms with E-state index in [0.717, 1.165) is 6.20 Å². The topological polar surface area (TPSA) is 113 Å². The van der Waals surface area contributed by atoms with E-state index in [-0.39, 0.29) is 5.95 Å². The van der Waals surface area contributed by atoms with Crippen LogP contribution in [0.2, 0.25) is 0 Å². The first-order valence-corrected chi connectivity index (χ1v) is 7.18. The van der Waals surface area contributed by atoms with Crippen LogP contribution >= 0.6 is 0 Å². The fraction of sp³-hybridized carbons (Fsp3) is 0.706. The number of anilines is 2. The zero-order valence-corrected chi connectivity index (χ0v) is 13.9.